The van der Waals surface area contributed by atoms with Gasteiger partial charge in [-0.2, -0.15) is 0 Å². The van der Waals surface area contributed by atoms with E-state index in [-0.39, 0.29) is 23.4 Å². The number of anilines is 1. The number of carbonyl (C=O) groups excluding carboxylic acids is 1. The van der Waals surface area contributed by atoms with Gasteiger partial charge in [-0.05, 0) is 112 Å². The number of ether oxygens (including phenoxy) is 1. The number of nitrogens with zero attached hydrogens (tertiary/aromatic N) is 8. The van der Waals surface area contributed by atoms with Crippen molar-refractivity contribution >= 4 is 59.6 Å². The quantitative estimate of drug-likeness (QED) is 0.170. The number of aryl methyl sites for hydroxylation is 1. The average molecular weight is 851 g/mol. The summed E-state index contributed by atoms with van der Waals surface area (Å²) >= 11 is 3.40. The highest BCUT2D eigenvalue weighted by atomic mass is 79.9. The van der Waals surface area contributed by atoms with E-state index in [9.17, 15) is 13.2 Å². The van der Waals surface area contributed by atoms with Gasteiger partial charge in [0.25, 0.3) is 5.91 Å². The fraction of sp³-hybridized carbons (Fsp3) is 0.405. The molecule has 0 radical (unpaired) electrons. The van der Waals surface area contributed by atoms with Crippen LogP contribution in [0.2, 0.25) is 0 Å². The van der Waals surface area contributed by atoms with Crippen LogP contribution in [0.5, 0.6) is 5.75 Å². The maximum absolute atomic E-state index is 14.7. The number of likely N-dealkylation sites (tertiary alicyclic amines) is 1. The summed E-state index contributed by atoms with van der Waals surface area (Å²) in [6.45, 7) is 4.62. The number of nitrogens with two attached hydrogens (primary N) is 1. The van der Waals surface area contributed by atoms with Gasteiger partial charge in [0.2, 0.25) is 0 Å². The summed E-state index contributed by atoms with van der Waals surface area (Å²) in [5.74, 6) is 2.94. The molecule has 294 valence electrons. The van der Waals surface area contributed by atoms with Gasteiger partial charge >= 0.3 is 0 Å². The van der Waals surface area contributed by atoms with Crippen LogP contribution in [0.4, 0.5) is 5.82 Å². The predicted octanol–water partition coefficient (Wildman–Crippen LogP) is 6.54. The molecule has 57 heavy (non-hydrogen) atoms. The van der Waals surface area contributed by atoms with Crippen molar-refractivity contribution in [1.82, 2.24) is 34.0 Å². The summed E-state index contributed by atoms with van der Waals surface area (Å²) < 4.78 is 39.9. The molecular formula is C42H44BrN9O4S. The van der Waals surface area contributed by atoms with Crippen LogP contribution in [0, 0.1) is 18.8 Å². The lowest BCUT2D eigenvalue weighted by atomic mass is 10.0. The minimum Gasteiger partial charge on any atom is -0.494 e. The Balaban J connectivity index is 1.06. The van der Waals surface area contributed by atoms with Crippen LogP contribution in [0.25, 0.3) is 33.6 Å². The summed E-state index contributed by atoms with van der Waals surface area (Å²) in [5, 5.41) is 1.05. The normalized spacial score (nSPS) is 22.6. The highest BCUT2D eigenvalue weighted by Gasteiger charge is 2.64. The lowest BCUT2D eigenvalue weighted by Gasteiger charge is -2.34. The van der Waals surface area contributed by atoms with Gasteiger partial charge in [0.15, 0.2) is 15.7 Å². The molecule has 2 bridgehead atoms. The van der Waals surface area contributed by atoms with Crippen LogP contribution in [0.15, 0.2) is 82.4 Å². The molecule has 2 N–H and O–H groups in total. The number of imidazole rings is 1. The van der Waals surface area contributed by atoms with E-state index in [1.54, 1.807) is 42.3 Å². The molecule has 0 spiro atoms. The second-order valence-corrected chi connectivity index (χ2v) is 19.2. The Kier molecular flexibility index (Phi) is 8.72. The number of methoxy groups -OCH3 is 1. The van der Waals surface area contributed by atoms with Crippen LogP contribution in [-0.4, -0.2) is 86.0 Å². The number of piperidine rings is 2. The van der Waals surface area contributed by atoms with Crippen LogP contribution >= 0.6 is 15.9 Å². The number of hydrogen-bond acceptors (Lipinski definition) is 10. The number of sulfone groups is 1. The third-order valence-electron chi connectivity index (χ3n) is 12.7. The van der Waals surface area contributed by atoms with E-state index < -0.39 is 26.7 Å². The van der Waals surface area contributed by atoms with Gasteiger partial charge in [0.1, 0.15) is 33.4 Å². The van der Waals surface area contributed by atoms with E-state index in [2.05, 4.69) is 47.1 Å². The molecule has 6 aromatic rings. The number of hydrogen-bond donors (Lipinski definition) is 1. The van der Waals surface area contributed by atoms with Gasteiger partial charge in [-0.1, -0.05) is 15.9 Å². The number of pyridine rings is 1. The third-order valence-corrected chi connectivity index (χ3v) is 15.7. The first kappa shape index (κ1) is 36.5. The minimum absolute atomic E-state index is 0.0796. The van der Waals surface area contributed by atoms with E-state index in [0.717, 1.165) is 76.7 Å². The highest BCUT2D eigenvalue weighted by Crippen LogP contribution is 2.50. The van der Waals surface area contributed by atoms with E-state index >= 15 is 0 Å². The fourth-order valence-electron chi connectivity index (χ4n) is 9.69. The first-order valence-corrected chi connectivity index (χ1v) is 22.0. The van der Waals surface area contributed by atoms with E-state index in [1.165, 1.54) is 12.8 Å². The van der Waals surface area contributed by atoms with Gasteiger partial charge in [-0.3, -0.25) is 4.79 Å². The molecule has 6 heterocycles. The number of aromatic nitrogens is 6. The van der Waals surface area contributed by atoms with Crippen LogP contribution in [0.3, 0.4) is 0 Å². The Morgan fingerprint density at radius 2 is 1.75 bits per heavy atom. The number of carbonyl (C=O) groups is 1. The SMILES string of the molecule is COc1cc(C(=O)N2CC3CCC2[C@]3(N)S(=O)(=O)c2ccc(Br)cc2)cc2nc(-c3cc4cccnc4n3CC3CC3)n(C3CCN(c4ccnc(C)n4)CC3)c12. The first-order chi connectivity index (χ1) is 27.5. The number of halogens is 1. The van der Waals surface area contributed by atoms with Crippen molar-refractivity contribution < 1.29 is 17.9 Å². The molecule has 15 heteroatoms. The Bertz CT molecular complexity index is 2670. The third kappa shape index (κ3) is 5.86. The van der Waals surface area contributed by atoms with Crippen molar-refractivity contribution in [2.75, 3.05) is 31.6 Å². The molecule has 13 nitrogen and oxygen atoms in total. The van der Waals surface area contributed by atoms with Crippen molar-refractivity contribution in [2.24, 2.45) is 17.6 Å². The average Bonchev–Trinajstić information content (AvgIpc) is 3.59. The Labute approximate surface area is 339 Å². The standard InChI is InChI=1S/C42H44BrN9O4S/c1-25-45-17-13-37(47-25)49-18-14-31(15-19-49)52-38-33(48-40(52)34-21-27-4-3-16-46-39(27)50(34)23-26-5-6-26)20-28(22-35(38)56-2)41(53)51-24-29-7-12-36(51)42(29,44)57(54,55)32-10-8-30(43)9-11-32/h3-4,8-11,13,16-17,20-22,26,29,31,36H,5-7,12,14-15,18-19,23-24,44H2,1-2H3/t29?,36?,42-/m1/s1. The zero-order chi connectivity index (χ0) is 39.2. The first-order valence-electron chi connectivity index (χ1n) is 19.7. The molecule has 4 aromatic heterocycles. The number of fused-ring (bicyclic) bond motifs is 4. The topological polar surface area (TPSA) is 154 Å². The van der Waals surface area contributed by atoms with Crippen molar-refractivity contribution in [3.8, 4) is 17.3 Å². The minimum atomic E-state index is -3.97. The smallest absolute Gasteiger partial charge is 0.254 e. The Morgan fingerprint density at radius 1 is 0.965 bits per heavy atom. The molecule has 2 aliphatic heterocycles. The molecule has 2 saturated carbocycles. The monoisotopic (exact) mass is 849 g/mol. The van der Waals surface area contributed by atoms with E-state index in [1.807, 2.05) is 37.5 Å². The van der Waals surface area contributed by atoms with Crippen LogP contribution in [-0.2, 0) is 16.4 Å². The predicted molar refractivity (Wildman–Crippen MR) is 221 cm³/mol. The van der Waals surface area contributed by atoms with Crippen LogP contribution < -0.4 is 15.4 Å². The summed E-state index contributed by atoms with van der Waals surface area (Å²) in [7, 11) is -2.34. The largest absolute Gasteiger partial charge is 0.494 e. The number of benzene rings is 2. The Morgan fingerprint density at radius 3 is 2.49 bits per heavy atom. The molecule has 10 rings (SSSR count). The molecular weight excluding hydrogens is 806 g/mol. The highest BCUT2D eigenvalue weighted by molar-refractivity contribution is 9.10. The summed E-state index contributed by atoms with van der Waals surface area (Å²) in [5.41, 5.74) is 10.7. The Hall–Kier alpha value is -4.86. The van der Waals surface area contributed by atoms with Crippen molar-refractivity contribution in [3.05, 3.63) is 88.9 Å². The van der Waals surface area contributed by atoms with Gasteiger partial charge < -0.3 is 29.4 Å². The van der Waals surface area contributed by atoms with Crippen LogP contribution in [0.1, 0.15) is 60.7 Å². The molecule has 2 saturated heterocycles. The number of amides is 1. The maximum atomic E-state index is 14.7. The molecule has 2 aromatic carbocycles. The lowest BCUT2D eigenvalue weighted by Crippen LogP contribution is -2.57. The van der Waals surface area contributed by atoms with Gasteiger partial charge in [-0.25, -0.2) is 28.4 Å². The molecule has 4 aliphatic rings. The van der Waals surface area contributed by atoms with Crippen molar-refractivity contribution in [3.63, 3.8) is 0 Å². The van der Waals surface area contributed by atoms with E-state index in [0.29, 0.717) is 35.6 Å². The molecule has 1 amide bonds. The molecule has 4 fully saturated rings. The van der Waals surface area contributed by atoms with E-state index in [4.69, 9.17) is 25.4 Å². The molecule has 2 aliphatic carbocycles. The number of rotatable bonds is 9. The second-order valence-electron chi connectivity index (χ2n) is 16.1. The fourth-order valence-corrected chi connectivity index (χ4v) is 12.1. The second kappa shape index (κ2) is 13.6. The van der Waals surface area contributed by atoms with Gasteiger partial charge in [0.05, 0.1) is 29.3 Å². The maximum Gasteiger partial charge on any atom is 0.254 e. The summed E-state index contributed by atoms with van der Waals surface area (Å²) in [6.07, 6.45) is 8.86. The summed E-state index contributed by atoms with van der Waals surface area (Å²) in [4.78, 5) is 36.4. The van der Waals surface area contributed by atoms with Gasteiger partial charge in [0, 0.05) is 66.0 Å². The lowest BCUT2D eigenvalue weighted by molar-refractivity contribution is 0.0697. The zero-order valence-electron chi connectivity index (χ0n) is 31.9. The van der Waals surface area contributed by atoms with Crippen molar-refractivity contribution in [2.45, 2.75) is 73.8 Å². The van der Waals surface area contributed by atoms with Crippen molar-refractivity contribution in [1.29, 1.82) is 0 Å². The molecule has 3 atom stereocenters. The van der Waals surface area contributed by atoms with Gasteiger partial charge in [-0.15, -0.1) is 0 Å². The summed E-state index contributed by atoms with van der Waals surface area (Å²) in [6, 6.07) is 17.8. The zero-order valence-corrected chi connectivity index (χ0v) is 34.3. The molecule has 2 unspecified atom stereocenters.